The van der Waals surface area contributed by atoms with Crippen LogP contribution < -0.4 is 4.90 Å². The Morgan fingerprint density at radius 2 is 0.952 bits per heavy atom. The molecule has 0 spiro atoms. The minimum atomic E-state index is -0.138. The molecule has 2 heteroatoms. The standard InChI is InChI=1S/C61H43NO/c1-61(2)53-27-12-9-23-48(53)49-38-36-45(39-54(49)61)62(55-28-13-10-22-46(55)40-17-5-3-6-18-40)44-34-31-43(32-35-44)59-51(50-26-16-30-57-60(50)52-24-11-14-29-56(52)63-57)37-33-42-21-15-25-47(58(42)59)41-19-7-4-8-20-41/h3-39H,1-2H3. The van der Waals surface area contributed by atoms with Crippen molar-refractivity contribution in [1.29, 1.82) is 0 Å². The Morgan fingerprint density at radius 3 is 1.76 bits per heavy atom. The van der Waals surface area contributed by atoms with Gasteiger partial charge in [0.25, 0.3) is 0 Å². The summed E-state index contributed by atoms with van der Waals surface area (Å²) in [4.78, 5) is 2.45. The van der Waals surface area contributed by atoms with E-state index in [2.05, 4.69) is 237 Å². The predicted octanol–water partition coefficient (Wildman–Crippen LogP) is 17.2. The number of benzene rings is 10. The van der Waals surface area contributed by atoms with Crippen LogP contribution in [0.3, 0.4) is 0 Å². The van der Waals surface area contributed by atoms with Crippen LogP contribution in [0.4, 0.5) is 17.1 Å². The Bertz CT molecular complexity index is 3520. The molecule has 0 atom stereocenters. The summed E-state index contributed by atoms with van der Waals surface area (Å²) in [6, 6.07) is 81.7. The van der Waals surface area contributed by atoms with Gasteiger partial charge in [0, 0.05) is 33.1 Å². The van der Waals surface area contributed by atoms with Gasteiger partial charge in [-0.1, -0.05) is 196 Å². The number of hydrogen-bond acceptors (Lipinski definition) is 2. The van der Waals surface area contributed by atoms with Crippen molar-refractivity contribution in [2.45, 2.75) is 19.3 Å². The zero-order valence-corrected chi connectivity index (χ0v) is 35.2. The lowest BCUT2D eigenvalue weighted by molar-refractivity contribution is 0.660. The normalized spacial score (nSPS) is 12.7. The lowest BCUT2D eigenvalue weighted by Crippen LogP contribution is -2.16. The molecule has 1 aliphatic rings. The second-order valence-corrected chi connectivity index (χ2v) is 17.2. The van der Waals surface area contributed by atoms with Crippen LogP contribution in [-0.2, 0) is 5.41 Å². The number of rotatable bonds is 7. The molecule has 0 amide bonds. The van der Waals surface area contributed by atoms with Crippen LogP contribution in [0.25, 0.3) is 88.3 Å². The van der Waals surface area contributed by atoms with E-state index in [0.29, 0.717) is 0 Å². The van der Waals surface area contributed by atoms with Gasteiger partial charge in [0.15, 0.2) is 0 Å². The molecule has 0 bridgehead atoms. The number of para-hydroxylation sites is 2. The van der Waals surface area contributed by atoms with E-state index in [1.54, 1.807) is 0 Å². The van der Waals surface area contributed by atoms with E-state index < -0.39 is 0 Å². The first-order valence-electron chi connectivity index (χ1n) is 21.8. The third-order valence-electron chi connectivity index (χ3n) is 13.3. The van der Waals surface area contributed by atoms with Gasteiger partial charge < -0.3 is 9.32 Å². The SMILES string of the molecule is CC1(C)c2ccccc2-c2ccc(N(c3ccc(-c4c(-c5cccc6oc7ccccc7c56)ccc5cccc(-c6ccccc6)c45)cc3)c3ccccc3-c3ccccc3)cc21. The van der Waals surface area contributed by atoms with Gasteiger partial charge in [-0.25, -0.2) is 0 Å². The van der Waals surface area contributed by atoms with Gasteiger partial charge in [-0.2, -0.15) is 0 Å². The molecule has 11 aromatic rings. The van der Waals surface area contributed by atoms with E-state index in [4.69, 9.17) is 4.42 Å². The molecule has 298 valence electrons. The second kappa shape index (κ2) is 14.6. The predicted molar refractivity (Wildman–Crippen MR) is 265 cm³/mol. The van der Waals surface area contributed by atoms with Crippen molar-refractivity contribution in [2.75, 3.05) is 4.90 Å². The number of nitrogens with zero attached hydrogens (tertiary/aromatic N) is 1. The molecule has 1 aliphatic carbocycles. The first-order chi connectivity index (χ1) is 31.0. The van der Waals surface area contributed by atoms with Gasteiger partial charge in [0.2, 0.25) is 0 Å². The Hall–Kier alpha value is -7.94. The summed E-state index contributed by atoms with van der Waals surface area (Å²) in [6.07, 6.45) is 0. The monoisotopic (exact) mass is 805 g/mol. The van der Waals surface area contributed by atoms with Crippen LogP contribution >= 0.6 is 0 Å². The molecule has 12 rings (SSSR count). The fourth-order valence-corrected chi connectivity index (χ4v) is 10.3. The average molecular weight is 806 g/mol. The quantitative estimate of drug-likeness (QED) is 0.160. The summed E-state index contributed by atoms with van der Waals surface area (Å²) < 4.78 is 6.46. The van der Waals surface area contributed by atoms with Crippen molar-refractivity contribution in [3.63, 3.8) is 0 Å². The molecule has 0 aliphatic heterocycles. The fourth-order valence-electron chi connectivity index (χ4n) is 10.3. The molecule has 63 heavy (non-hydrogen) atoms. The highest BCUT2D eigenvalue weighted by Crippen LogP contribution is 2.52. The van der Waals surface area contributed by atoms with E-state index in [-0.39, 0.29) is 5.41 Å². The van der Waals surface area contributed by atoms with Gasteiger partial charge >= 0.3 is 0 Å². The van der Waals surface area contributed by atoms with Crippen LogP contribution in [0.1, 0.15) is 25.0 Å². The topological polar surface area (TPSA) is 16.4 Å². The Labute approximate surface area is 368 Å². The molecule has 0 radical (unpaired) electrons. The van der Waals surface area contributed by atoms with E-state index in [1.807, 2.05) is 6.07 Å². The van der Waals surface area contributed by atoms with Gasteiger partial charge in [0.05, 0.1) is 5.69 Å². The van der Waals surface area contributed by atoms with Crippen LogP contribution in [0.2, 0.25) is 0 Å². The molecule has 0 fully saturated rings. The molecule has 0 unspecified atom stereocenters. The lowest BCUT2D eigenvalue weighted by atomic mass is 9.82. The summed E-state index contributed by atoms with van der Waals surface area (Å²) in [7, 11) is 0. The summed E-state index contributed by atoms with van der Waals surface area (Å²) >= 11 is 0. The zero-order chi connectivity index (χ0) is 42.1. The molecule has 0 N–H and O–H groups in total. The number of fused-ring (bicyclic) bond motifs is 7. The molecule has 10 aromatic carbocycles. The first-order valence-corrected chi connectivity index (χ1v) is 21.8. The molecular formula is C61H43NO. The molecule has 2 nitrogen and oxygen atoms in total. The summed E-state index contributed by atoms with van der Waals surface area (Å²) in [5.74, 6) is 0. The average Bonchev–Trinajstić information content (AvgIpc) is 3.84. The minimum Gasteiger partial charge on any atom is -0.456 e. The third-order valence-corrected chi connectivity index (χ3v) is 13.3. The zero-order valence-electron chi connectivity index (χ0n) is 35.2. The second-order valence-electron chi connectivity index (χ2n) is 17.2. The maximum Gasteiger partial charge on any atom is 0.136 e. The van der Waals surface area contributed by atoms with Crippen LogP contribution in [-0.4, -0.2) is 0 Å². The van der Waals surface area contributed by atoms with Crippen molar-refractivity contribution in [1.82, 2.24) is 0 Å². The molecule has 1 heterocycles. The lowest BCUT2D eigenvalue weighted by Gasteiger charge is -2.30. The third kappa shape index (κ3) is 5.94. The Kier molecular flexibility index (Phi) is 8.55. The van der Waals surface area contributed by atoms with Crippen molar-refractivity contribution >= 4 is 49.8 Å². The summed E-state index contributed by atoms with van der Waals surface area (Å²) in [5, 5.41) is 4.68. The maximum atomic E-state index is 6.46. The van der Waals surface area contributed by atoms with E-state index in [1.165, 1.54) is 66.4 Å². The van der Waals surface area contributed by atoms with Crippen molar-refractivity contribution in [2.24, 2.45) is 0 Å². The number of anilines is 3. The van der Waals surface area contributed by atoms with Crippen molar-refractivity contribution < 1.29 is 4.42 Å². The number of furan rings is 1. The van der Waals surface area contributed by atoms with Crippen molar-refractivity contribution in [3.05, 3.63) is 236 Å². The van der Waals surface area contributed by atoms with E-state index in [0.717, 1.165) is 50.1 Å². The van der Waals surface area contributed by atoms with Crippen LogP contribution in [0, 0.1) is 0 Å². The molecule has 0 saturated heterocycles. The summed E-state index contributed by atoms with van der Waals surface area (Å²) in [5.41, 5.74) is 19.8. The van der Waals surface area contributed by atoms with E-state index >= 15 is 0 Å². The highest BCUT2D eigenvalue weighted by molar-refractivity contribution is 6.18. The van der Waals surface area contributed by atoms with Crippen molar-refractivity contribution in [3.8, 4) is 55.6 Å². The molecular weight excluding hydrogens is 763 g/mol. The Balaban J connectivity index is 1.09. The van der Waals surface area contributed by atoms with Crippen LogP contribution in [0.15, 0.2) is 229 Å². The van der Waals surface area contributed by atoms with Gasteiger partial charge in [0.1, 0.15) is 11.2 Å². The van der Waals surface area contributed by atoms with Crippen LogP contribution in [0.5, 0.6) is 0 Å². The summed E-state index contributed by atoms with van der Waals surface area (Å²) in [6.45, 7) is 4.72. The van der Waals surface area contributed by atoms with Gasteiger partial charge in [-0.05, 0) is 114 Å². The van der Waals surface area contributed by atoms with E-state index in [9.17, 15) is 0 Å². The highest BCUT2D eigenvalue weighted by atomic mass is 16.3. The minimum absolute atomic E-state index is 0.138. The fraction of sp³-hybridized carbons (Fsp3) is 0.0492. The Morgan fingerprint density at radius 1 is 0.365 bits per heavy atom. The smallest absolute Gasteiger partial charge is 0.136 e. The molecule has 0 saturated carbocycles. The highest BCUT2D eigenvalue weighted by Gasteiger charge is 2.36. The maximum absolute atomic E-state index is 6.46. The van der Waals surface area contributed by atoms with Gasteiger partial charge in [-0.15, -0.1) is 0 Å². The van der Waals surface area contributed by atoms with Gasteiger partial charge in [-0.3, -0.25) is 0 Å². The number of hydrogen-bond donors (Lipinski definition) is 0. The largest absolute Gasteiger partial charge is 0.456 e. The molecule has 1 aromatic heterocycles. The first kappa shape index (κ1) is 36.9.